The average Bonchev–Trinajstić information content (AvgIpc) is 3.32. The first-order chi connectivity index (χ1) is 11.8. The number of hydrogen-bond donors (Lipinski definition) is 0. The largest absolute Gasteiger partial charge is 0.249 e. The molecule has 0 saturated heterocycles. The molecule has 0 aliphatic carbocycles. The molecule has 0 aromatic heterocycles. The number of allylic oxidation sites excluding steroid dienone is 12. The Bertz CT molecular complexity index is 848. The van der Waals surface area contributed by atoms with Gasteiger partial charge in [-0.25, -0.2) is 20.0 Å². The SMILES string of the molecule is C1=CC2=NC1=CC1=NC(=CC3=NC(=CC4=NC(=C2)C=C4)C=C3)C=C1.[Co]. The Balaban J connectivity index is 0.00000157. The molecule has 5 heteroatoms. The first kappa shape index (κ1) is 15.6. The van der Waals surface area contributed by atoms with Crippen molar-refractivity contribution < 1.29 is 16.8 Å². The molecule has 0 aromatic rings. The number of fused-ring (bicyclic) bond motifs is 4. The molecule has 5 aliphatic rings. The van der Waals surface area contributed by atoms with Gasteiger partial charge in [0.25, 0.3) is 0 Å². The molecule has 0 aromatic carbocycles. The van der Waals surface area contributed by atoms with Crippen molar-refractivity contribution in [3.05, 3.63) is 95.7 Å². The summed E-state index contributed by atoms with van der Waals surface area (Å²) in [5, 5.41) is 0. The van der Waals surface area contributed by atoms with Crippen LogP contribution < -0.4 is 0 Å². The molecule has 5 rings (SSSR count). The predicted octanol–water partition coefficient (Wildman–Crippen LogP) is 3.58. The normalized spacial score (nSPS) is 21.8. The van der Waals surface area contributed by atoms with E-state index in [-0.39, 0.29) is 16.8 Å². The molecule has 0 amide bonds. The van der Waals surface area contributed by atoms with Crippen LogP contribution in [0.4, 0.5) is 0 Å². The van der Waals surface area contributed by atoms with E-state index in [0.717, 1.165) is 45.6 Å². The van der Waals surface area contributed by atoms with Gasteiger partial charge in [-0.3, -0.25) is 0 Å². The number of nitrogens with zero attached hydrogens (tertiary/aromatic N) is 4. The minimum absolute atomic E-state index is 0. The van der Waals surface area contributed by atoms with Crippen molar-refractivity contribution >= 4 is 22.8 Å². The van der Waals surface area contributed by atoms with E-state index >= 15 is 0 Å². The van der Waals surface area contributed by atoms with Gasteiger partial charge in [-0.2, -0.15) is 0 Å². The van der Waals surface area contributed by atoms with Gasteiger partial charge in [0.05, 0.1) is 45.6 Å². The predicted molar refractivity (Wildman–Crippen MR) is 98.6 cm³/mol. The van der Waals surface area contributed by atoms with Crippen LogP contribution in [-0.2, 0) is 16.8 Å². The molecule has 25 heavy (non-hydrogen) atoms. The zero-order valence-electron chi connectivity index (χ0n) is 13.1. The topological polar surface area (TPSA) is 49.4 Å². The molecule has 0 unspecified atom stereocenters. The Morgan fingerprint density at radius 3 is 0.840 bits per heavy atom. The van der Waals surface area contributed by atoms with Crippen molar-refractivity contribution in [3.63, 3.8) is 0 Å². The summed E-state index contributed by atoms with van der Waals surface area (Å²) in [5.41, 5.74) is 7.15. The standard InChI is InChI=1S/C20H12N4.Co/c1-2-14-10-16-5-6-18(23-16)12-20-8-7-19(24-20)11-17-4-3-15(22-17)9-13(1)21-14;/h1-12H;. The van der Waals surface area contributed by atoms with E-state index in [1.165, 1.54) is 0 Å². The van der Waals surface area contributed by atoms with Crippen molar-refractivity contribution in [2.24, 2.45) is 20.0 Å². The second-order valence-corrected chi connectivity index (χ2v) is 5.76. The quantitative estimate of drug-likeness (QED) is 0.629. The molecular weight excluding hydrogens is 355 g/mol. The summed E-state index contributed by atoms with van der Waals surface area (Å²) in [4.78, 5) is 18.4. The summed E-state index contributed by atoms with van der Waals surface area (Å²) in [7, 11) is 0. The average molecular weight is 367 g/mol. The van der Waals surface area contributed by atoms with Gasteiger partial charge in [-0.15, -0.1) is 0 Å². The van der Waals surface area contributed by atoms with Crippen molar-refractivity contribution in [2.45, 2.75) is 0 Å². The maximum absolute atomic E-state index is 4.59. The molecule has 0 fully saturated rings. The number of hydrogen-bond acceptors (Lipinski definition) is 4. The van der Waals surface area contributed by atoms with Gasteiger partial charge in [-0.05, 0) is 72.9 Å². The van der Waals surface area contributed by atoms with Crippen molar-refractivity contribution in [1.82, 2.24) is 0 Å². The van der Waals surface area contributed by atoms with Crippen LogP contribution in [-0.4, -0.2) is 22.8 Å². The van der Waals surface area contributed by atoms with Crippen LogP contribution in [0.1, 0.15) is 0 Å². The summed E-state index contributed by atoms with van der Waals surface area (Å²) in [6.45, 7) is 0. The van der Waals surface area contributed by atoms with Crippen LogP contribution in [0.2, 0.25) is 0 Å². The van der Waals surface area contributed by atoms with Gasteiger partial charge >= 0.3 is 0 Å². The van der Waals surface area contributed by atoms with E-state index in [4.69, 9.17) is 0 Å². The van der Waals surface area contributed by atoms with E-state index in [1.807, 2.05) is 72.9 Å². The Hall–Kier alpha value is -2.89. The van der Waals surface area contributed by atoms with Gasteiger partial charge < -0.3 is 0 Å². The Morgan fingerprint density at radius 1 is 0.360 bits per heavy atom. The van der Waals surface area contributed by atoms with Crippen LogP contribution in [0.15, 0.2) is 116 Å². The molecule has 0 N–H and O–H groups in total. The van der Waals surface area contributed by atoms with Crippen LogP contribution in [0.25, 0.3) is 0 Å². The third kappa shape index (κ3) is 3.20. The smallest absolute Gasteiger partial charge is 0.0659 e. The second-order valence-electron chi connectivity index (χ2n) is 5.76. The van der Waals surface area contributed by atoms with E-state index in [0.29, 0.717) is 0 Å². The third-order valence-electron chi connectivity index (χ3n) is 3.92. The third-order valence-corrected chi connectivity index (χ3v) is 3.92. The van der Waals surface area contributed by atoms with Gasteiger partial charge in [0, 0.05) is 16.8 Å². The van der Waals surface area contributed by atoms with Crippen LogP contribution >= 0.6 is 0 Å². The summed E-state index contributed by atoms with van der Waals surface area (Å²) in [5.74, 6) is 0. The first-order valence-electron chi connectivity index (χ1n) is 7.74. The second kappa shape index (κ2) is 6.20. The van der Waals surface area contributed by atoms with E-state index < -0.39 is 0 Å². The maximum Gasteiger partial charge on any atom is 0.0659 e. The Kier molecular flexibility index (Phi) is 3.87. The molecule has 0 spiro atoms. The Morgan fingerprint density at radius 2 is 0.600 bits per heavy atom. The monoisotopic (exact) mass is 367 g/mol. The zero-order chi connectivity index (χ0) is 15.9. The van der Waals surface area contributed by atoms with E-state index in [1.54, 1.807) is 0 Å². The molecule has 5 heterocycles. The molecule has 8 bridgehead atoms. The van der Waals surface area contributed by atoms with E-state index in [2.05, 4.69) is 20.0 Å². The first-order valence-corrected chi connectivity index (χ1v) is 7.74. The summed E-state index contributed by atoms with van der Waals surface area (Å²) in [6.07, 6.45) is 23.8. The van der Waals surface area contributed by atoms with Crippen LogP contribution in [0.3, 0.4) is 0 Å². The zero-order valence-corrected chi connectivity index (χ0v) is 14.1. The van der Waals surface area contributed by atoms with Gasteiger partial charge in [0.15, 0.2) is 0 Å². The molecule has 121 valence electrons. The Labute approximate surface area is 155 Å². The van der Waals surface area contributed by atoms with Crippen molar-refractivity contribution in [3.8, 4) is 0 Å². The summed E-state index contributed by atoms with van der Waals surface area (Å²) in [6, 6.07) is 0. The van der Waals surface area contributed by atoms with Crippen molar-refractivity contribution in [2.75, 3.05) is 0 Å². The fourth-order valence-electron chi connectivity index (χ4n) is 2.83. The van der Waals surface area contributed by atoms with Gasteiger partial charge in [-0.1, -0.05) is 0 Å². The van der Waals surface area contributed by atoms with Crippen LogP contribution in [0.5, 0.6) is 0 Å². The van der Waals surface area contributed by atoms with Gasteiger partial charge in [0.2, 0.25) is 0 Å². The molecule has 5 aliphatic heterocycles. The molecule has 4 nitrogen and oxygen atoms in total. The molecular formula is C20H12CoN4. The molecule has 0 saturated carbocycles. The fourth-order valence-corrected chi connectivity index (χ4v) is 2.83. The number of aliphatic imine (C=N–C) groups is 4. The maximum atomic E-state index is 4.59. The van der Waals surface area contributed by atoms with E-state index in [9.17, 15) is 0 Å². The number of rotatable bonds is 0. The summed E-state index contributed by atoms with van der Waals surface area (Å²) >= 11 is 0. The molecule has 0 atom stereocenters. The van der Waals surface area contributed by atoms with Crippen molar-refractivity contribution in [1.29, 1.82) is 0 Å². The fraction of sp³-hybridized carbons (Fsp3) is 0. The summed E-state index contributed by atoms with van der Waals surface area (Å²) < 4.78 is 0. The van der Waals surface area contributed by atoms with Gasteiger partial charge in [0.1, 0.15) is 0 Å². The minimum atomic E-state index is 0. The van der Waals surface area contributed by atoms with Crippen LogP contribution in [0, 0.1) is 0 Å². The minimum Gasteiger partial charge on any atom is -0.249 e. The molecule has 1 radical (unpaired) electrons.